The van der Waals surface area contributed by atoms with Gasteiger partial charge < -0.3 is 4.74 Å². The molecule has 132 valence electrons. The number of carbonyl (C=O) groups excluding carboxylic acids is 1. The number of allylic oxidation sites excluding steroid dienone is 2. The Balaban J connectivity index is 2.06. The number of carbonyl (C=O) groups is 1. The van der Waals surface area contributed by atoms with Crippen LogP contribution in [0, 0.1) is 23.1 Å². The lowest BCUT2D eigenvalue weighted by molar-refractivity contribution is -0.147. The Bertz CT molecular complexity index is 661. The van der Waals surface area contributed by atoms with Crippen LogP contribution < -0.4 is 0 Å². The minimum absolute atomic E-state index is 0.0282. The van der Waals surface area contributed by atoms with Crippen LogP contribution in [0.15, 0.2) is 30.1 Å². The molecule has 8 heteroatoms. The summed E-state index contributed by atoms with van der Waals surface area (Å²) in [5.41, 5.74) is -0.904. The highest BCUT2D eigenvalue weighted by Crippen LogP contribution is 2.60. The van der Waals surface area contributed by atoms with Gasteiger partial charge in [-0.15, -0.1) is 0 Å². The van der Waals surface area contributed by atoms with Crippen molar-refractivity contribution in [1.82, 2.24) is 0 Å². The molecule has 0 N–H and O–H groups in total. The topological polar surface area (TPSA) is 26.3 Å². The molecule has 24 heavy (non-hydrogen) atoms. The second-order valence-corrected chi connectivity index (χ2v) is 6.55. The van der Waals surface area contributed by atoms with Crippen molar-refractivity contribution in [1.29, 1.82) is 0 Å². The first-order valence-electron chi connectivity index (χ1n) is 7.00. The standard InChI is InChI=1S/C16H14ClF5O2/c1-15(2)9(6-12(19)16(20,21)22)13(15)14(23)24-7-8-10(17)4-3-5-11(8)18/h3-6,9,13H,7H2,1-2H3/b12-6-/t9-,13-/m0/s1. The number of benzene rings is 1. The van der Waals surface area contributed by atoms with Crippen LogP contribution in [0.2, 0.25) is 5.02 Å². The zero-order valence-electron chi connectivity index (χ0n) is 12.8. The van der Waals surface area contributed by atoms with Crippen LogP contribution in [-0.4, -0.2) is 12.1 Å². The fourth-order valence-corrected chi connectivity index (χ4v) is 2.81. The van der Waals surface area contributed by atoms with Crippen LogP contribution >= 0.6 is 11.6 Å². The first-order valence-corrected chi connectivity index (χ1v) is 7.38. The molecule has 1 aromatic carbocycles. The van der Waals surface area contributed by atoms with Crippen LogP contribution in [0.3, 0.4) is 0 Å². The van der Waals surface area contributed by atoms with E-state index in [1.165, 1.54) is 26.0 Å². The van der Waals surface area contributed by atoms with Crippen molar-refractivity contribution < 1.29 is 31.5 Å². The van der Waals surface area contributed by atoms with Crippen LogP contribution in [0.25, 0.3) is 0 Å². The van der Waals surface area contributed by atoms with E-state index >= 15 is 0 Å². The zero-order chi connectivity index (χ0) is 18.3. The third kappa shape index (κ3) is 3.71. The van der Waals surface area contributed by atoms with Gasteiger partial charge in [-0.05, 0) is 29.5 Å². The minimum atomic E-state index is -5.09. The molecule has 0 saturated heterocycles. The van der Waals surface area contributed by atoms with E-state index < -0.39 is 47.6 Å². The predicted octanol–water partition coefficient (Wildman–Crippen LogP) is 5.21. The molecule has 2 rings (SSSR count). The second-order valence-electron chi connectivity index (χ2n) is 6.15. The SMILES string of the molecule is CC1(C)[C@H](C(=O)OCc2c(F)cccc2Cl)[C@@H]1/C=C(\F)C(F)(F)F. The van der Waals surface area contributed by atoms with E-state index in [0.717, 1.165) is 6.07 Å². The average molecular weight is 369 g/mol. The third-order valence-electron chi connectivity index (χ3n) is 4.18. The molecular formula is C16H14ClF5O2. The number of hydrogen-bond donors (Lipinski definition) is 0. The quantitative estimate of drug-likeness (QED) is 0.538. The highest BCUT2D eigenvalue weighted by Gasteiger charge is 2.62. The van der Waals surface area contributed by atoms with Gasteiger partial charge in [-0.25, -0.2) is 8.78 Å². The first kappa shape index (κ1) is 18.7. The van der Waals surface area contributed by atoms with Crippen LogP contribution in [0.1, 0.15) is 19.4 Å². The largest absolute Gasteiger partial charge is 0.460 e. The molecular weight excluding hydrogens is 355 g/mol. The van der Waals surface area contributed by atoms with Crippen molar-refractivity contribution in [3.63, 3.8) is 0 Å². The molecule has 0 bridgehead atoms. The fourth-order valence-electron chi connectivity index (χ4n) is 2.59. The van der Waals surface area contributed by atoms with Gasteiger partial charge in [0.2, 0.25) is 0 Å². The normalized spacial score (nSPS) is 23.1. The number of esters is 1. The molecule has 1 aliphatic carbocycles. The van der Waals surface area contributed by atoms with Crippen LogP contribution in [0.5, 0.6) is 0 Å². The van der Waals surface area contributed by atoms with E-state index in [4.69, 9.17) is 16.3 Å². The summed E-state index contributed by atoms with van der Waals surface area (Å²) in [7, 11) is 0. The molecule has 0 amide bonds. The summed E-state index contributed by atoms with van der Waals surface area (Å²) in [5.74, 6) is -5.60. The molecule has 2 nitrogen and oxygen atoms in total. The number of ether oxygens (including phenoxy) is 1. The van der Waals surface area contributed by atoms with E-state index in [2.05, 4.69) is 0 Å². The zero-order valence-corrected chi connectivity index (χ0v) is 13.5. The molecule has 1 saturated carbocycles. The first-order chi connectivity index (χ1) is 11.0. The number of hydrogen-bond acceptors (Lipinski definition) is 2. The highest BCUT2D eigenvalue weighted by molar-refractivity contribution is 6.31. The van der Waals surface area contributed by atoms with Gasteiger partial charge in [-0.1, -0.05) is 31.5 Å². The number of rotatable bonds is 4. The fraction of sp³-hybridized carbons (Fsp3) is 0.438. The van der Waals surface area contributed by atoms with Crippen LogP contribution in [-0.2, 0) is 16.1 Å². The van der Waals surface area contributed by atoms with E-state index in [1.807, 2.05) is 0 Å². The smallest absolute Gasteiger partial charge is 0.442 e. The maximum absolute atomic E-state index is 13.6. The van der Waals surface area contributed by atoms with Gasteiger partial charge >= 0.3 is 12.1 Å². The number of alkyl halides is 3. The Morgan fingerprint density at radius 3 is 2.54 bits per heavy atom. The van der Waals surface area contributed by atoms with Crippen molar-refractivity contribution in [2.45, 2.75) is 26.6 Å². The summed E-state index contributed by atoms with van der Waals surface area (Å²) < 4.78 is 68.4. The molecule has 0 radical (unpaired) electrons. The second kappa shape index (κ2) is 6.35. The highest BCUT2D eigenvalue weighted by atomic mass is 35.5. The molecule has 0 aromatic heterocycles. The van der Waals surface area contributed by atoms with Crippen molar-refractivity contribution >= 4 is 17.6 Å². The maximum Gasteiger partial charge on any atom is 0.442 e. The van der Waals surface area contributed by atoms with Crippen molar-refractivity contribution in [2.24, 2.45) is 17.3 Å². The van der Waals surface area contributed by atoms with E-state index in [-0.39, 0.29) is 10.6 Å². The van der Waals surface area contributed by atoms with Gasteiger partial charge in [-0.3, -0.25) is 4.79 Å². The molecule has 0 aliphatic heterocycles. The molecule has 0 heterocycles. The molecule has 0 unspecified atom stereocenters. The Kier molecular flexibility index (Phi) is 4.95. The number of halogens is 6. The van der Waals surface area contributed by atoms with Gasteiger partial charge in [-0.2, -0.15) is 13.2 Å². The summed E-state index contributed by atoms with van der Waals surface area (Å²) in [4.78, 5) is 12.0. The Hall–Kier alpha value is -1.63. The molecule has 2 atom stereocenters. The molecule has 1 aliphatic rings. The summed E-state index contributed by atoms with van der Waals surface area (Å²) >= 11 is 5.80. The van der Waals surface area contributed by atoms with Gasteiger partial charge in [0.15, 0.2) is 5.83 Å². The molecule has 1 fully saturated rings. The van der Waals surface area contributed by atoms with Crippen molar-refractivity contribution in [3.8, 4) is 0 Å². The summed E-state index contributed by atoms with van der Waals surface area (Å²) in [6.45, 7) is 2.61. The Morgan fingerprint density at radius 1 is 1.38 bits per heavy atom. The van der Waals surface area contributed by atoms with Gasteiger partial charge in [0.25, 0.3) is 0 Å². The summed E-state index contributed by atoms with van der Waals surface area (Å²) in [6, 6.07) is 3.94. The lowest BCUT2D eigenvalue weighted by atomic mass is 10.1. The third-order valence-corrected chi connectivity index (χ3v) is 4.54. The Labute approximate surface area is 140 Å². The lowest BCUT2D eigenvalue weighted by Crippen LogP contribution is -2.12. The monoisotopic (exact) mass is 368 g/mol. The van der Waals surface area contributed by atoms with E-state index in [9.17, 15) is 26.7 Å². The maximum atomic E-state index is 13.6. The Morgan fingerprint density at radius 2 is 2.00 bits per heavy atom. The predicted molar refractivity (Wildman–Crippen MR) is 77.2 cm³/mol. The average Bonchev–Trinajstić information content (AvgIpc) is 2.98. The summed E-state index contributed by atoms with van der Waals surface area (Å²) in [6.07, 6.45) is -4.70. The van der Waals surface area contributed by atoms with Crippen molar-refractivity contribution in [3.05, 3.63) is 46.5 Å². The van der Waals surface area contributed by atoms with E-state index in [0.29, 0.717) is 6.08 Å². The minimum Gasteiger partial charge on any atom is -0.460 e. The van der Waals surface area contributed by atoms with E-state index in [1.54, 1.807) is 0 Å². The lowest BCUT2D eigenvalue weighted by Gasteiger charge is -2.08. The summed E-state index contributed by atoms with van der Waals surface area (Å²) in [5, 5.41) is 0.0671. The van der Waals surface area contributed by atoms with Crippen molar-refractivity contribution in [2.75, 3.05) is 0 Å². The van der Waals surface area contributed by atoms with Gasteiger partial charge in [0.05, 0.1) is 10.9 Å². The van der Waals surface area contributed by atoms with Gasteiger partial charge in [0, 0.05) is 5.56 Å². The molecule has 0 spiro atoms. The van der Waals surface area contributed by atoms with Gasteiger partial charge in [0.1, 0.15) is 12.4 Å². The molecule has 1 aromatic rings. The van der Waals surface area contributed by atoms with Crippen LogP contribution in [0.4, 0.5) is 22.0 Å².